The second kappa shape index (κ2) is 7.68. The van der Waals surface area contributed by atoms with E-state index in [4.69, 9.17) is 22.1 Å². The first-order chi connectivity index (χ1) is 8.95. The number of aromatic nitrogens is 1. The summed E-state index contributed by atoms with van der Waals surface area (Å²) in [6.45, 7) is 10.6. The smallest absolute Gasteiger partial charge is 0.232 e. The molecule has 1 rings (SSSR count). The molecule has 0 fully saturated rings. The summed E-state index contributed by atoms with van der Waals surface area (Å²) in [5, 5.41) is 0.517. The molecule has 5 heteroatoms. The van der Waals surface area contributed by atoms with Gasteiger partial charge in [0.25, 0.3) is 0 Å². The summed E-state index contributed by atoms with van der Waals surface area (Å²) in [4.78, 5) is 6.55. The van der Waals surface area contributed by atoms with E-state index in [1.54, 1.807) is 12.3 Å². The third kappa shape index (κ3) is 4.97. The molecule has 0 bridgehead atoms. The van der Waals surface area contributed by atoms with Gasteiger partial charge in [-0.15, -0.1) is 0 Å². The average molecular weight is 286 g/mol. The first-order valence-corrected chi connectivity index (χ1v) is 7.06. The van der Waals surface area contributed by atoms with Crippen molar-refractivity contribution in [3.05, 3.63) is 22.8 Å². The van der Waals surface area contributed by atoms with Gasteiger partial charge in [-0.25, -0.2) is 4.98 Å². The van der Waals surface area contributed by atoms with Crippen molar-refractivity contribution in [3.63, 3.8) is 0 Å². The Labute approximate surface area is 120 Å². The fraction of sp³-hybridized carbons (Fsp3) is 0.643. The Hall–Kier alpha value is -0.840. The maximum atomic E-state index is 6.09. The van der Waals surface area contributed by atoms with E-state index in [1.165, 1.54) is 0 Å². The van der Waals surface area contributed by atoms with Gasteiger partial charge in [0.1, 0.15) is 11.6 Å². The van der Waals surface area contributed by atoms with Crippen LogP contribution in [0.3, 0.4) is 0 Å². The highest BCUT2D eigenvalue weighted by Crippen LogP contribution is 2.22. The van der Waals surface area contributed by atoms with Gasteiger partial charge < -0.3 is 10.5 Å². The topological polar surface area (TPSA) is 51.4 Å². The number of nitrogens with two attached hydrogens (primary N) is 1. The number of pyridine rings is 1. The van der Waals surface area contributed by atoms with Crippen molar-refractivity contribution in [2.45, 2.75) is 46.3 Å². The minimum atomic E-state index is 0.432. The van der Waals surface area contributed by atoms with E-state index in [9.17, 15) is 0 Å². The van der Waals surface area contributed by atoms with E-state index >= 15 is 0 Å². The van der Waals surface area contributed by atoms with Gasteiger partial charge in [0, 0.05) is 31.4 Å². The Morgan fingerprint density at radius 3 is 2.42 bits per heavy atom. The number of hydrogen-bond donors (Lipinski definition) is 1. The number of halogens is 1. The molecule has 0 aliphatic heterocycles. The van der Waals surface area contributed by atoms with Crippen LogP contribution in [-0.2, 0) is 6.54 Å². The molecule has 1 aromatic heterocycles. The molecule has 0 aromatic carbocycles. The maximum absolute atomic E-state index is 6.09. The molecule has 108 valence electrons. The van der Waals surface area contributed by atoms with E-state index < -0.39 is 0 Å². The monoisotopic (exact) mass is 285 g/mol. The zero-order chi connectivity index (χ0) is 14.4. The van der Waals surface area contributed by atoms with Gasteiger partial charge in [0.2, 0.25) is 5.88 Å². The molecule has 4 nitrogen and oxygen atoms in total. The fourth-order valence-corrected chi connectivity index (χ4v) is 2.29. The third-order valence-corrected chi connectivity index (χ3v) is 3.29. The Morgan fingerprint density at radius 1 is 1.32 bits per heavy atom. The highest BCUT2D eigenvalue weighted by Gasteiger charge is 2.13. The van der Waals surface area contributed by atoms with Gasteiger partial charge in [-0.3, -0.25) is 4.90 Å². The van der Waals surface area contributed by atoms with Gasteiger partial charge in [-0.1, -0.05) is 11.6 Å². The van der Waals surface area contributed by atoms with Crippen molar-refractivity contribution in [1.82, 2.24) is 9.88 Å². The summed E-state index contributed by atoms with van der Waals surface area (Å²) in [6, 6.07) is 2.78. The Kier molecular flexibility index (Phi) is 6.55. The second-order valence-corrected chi connectivity index (χ2v) is 5.52. The maximum Gasteiger partial charge on any atom is 0.232 e. The predicted molar refractivity (Wildman–Crippen MR) is 79.6 cm³/mol. The molecule has 19 heavy (non-hydrogen) atoms. The van der Waals surface area contributed by atoms with Crippen LogP contribution >= 0.6 is 11.6 Å². The van der Waals surface area contributed by atoms with E-state index in [2.05, 4.69) is 37.6 Å². The lowest BCUT2D eigenvalue weighted by molar-refractivity contribution is 0.140. The molecule has 0 unspecified atom stereocenters. The predicted octanol–water partition coefficient (Wildman–Crippen LogP) is 2.69. The summed E-state index contributed by atoms with van der Waals surface area (Å²) in [7, 11) is 0. The Morgan fingerprint density at radius 2 is 1.95 bits per heavy atom. The first-order valence-electron chi connectivity index (χ1n) is 6.68. The molecule has 0 aliphatic rings. The van der Waals surface area contributed by atoms with Gasteiger partial charge >= 0.3 is 0 Å². The quantitative estimate of drug-likeness (QED) is 0.837. The SMILES string of the molecule is CC(C)N(CCOc1ncc(CN)cc1Cl)C(C)C. The largest absolute Gasteiger partial charge is 0.475 e. The van der Waals surface area contributed by atoms with Crippen LogP contribution in [0.2, 0.25) is 5.02 Å². The molecule has 0 saturated carbocycles. The molecule has 0 radical (unpaired) electrons. The highest BCUT2D eigenvalue weighted by atomic mass is 35.5. The minimum absolute atomic E-state index is 0.432. The molecule has 0 spiro atoms. The number of rotatable bonds is 7. The molecule has 1 aromatic rings. The van der Waals surface area contributed by atoms with Crippen molar-refractivity contribution in [2.24, 2.45) is 5.73 Å². The van der Waals surface area contributed by atoms with Crippen LogP contribution in [0.1, 0.15) is 33.3 Å². The van der Waals surface area contributed by atoms with Crippen LogP contribution in [0.4, 0.5) is 0 Å². The molecule has 0 amide bonds. The Balaban J connectivity index is 2.53. The van der Waals surface area contributed by atoms with Crippen LogP contribution in [0, 0.1) is 0 Å². The van der Waals surface area contributed by atoms with Gasteiger partial charge in [-0.2, -0.15) is 0 Å². The zero-order valence-corrected chi connectivity index (χ0v) is 12.9. The second-order valence-electron chi connectivity index (χ2n) is 5.11. The number of nitrogens with zero attached hydrogens (tertiary/aromatic N) is 2. The third-order valence-electron chi connectivity index (χ3n) is 3.01. The van der Waals surface area contributed by atoms with Crippen LogP contribution in [-0.4, -0.2) is 35.1 Å². The van der Waals surface area contributed by atoms with Crippen LogP contribution < -0.4 is 10.5 Å². The van der Waals surface area contributed by atoms with Gasteiger partial charge in [0.05, 0.1) is 0 Å². The van der Waals surface area contributed by atoms with Crippen LogP contribution in [0.25, 0.3) is 0 Å². The number of hydrogen-bond acceptors (Lipinski definition) is 4. The lowest BCUT2D eigenvalue weighted by Gasteiger charge is -2.30. The Bertz CT molecular complexity index is 388. The summed E-state index contributed by atoms with van der Waals surface area (Å²) >= 11 is 6.09. The number of ether oxygens (including phenoxy) is 1. The molecule has 2 N–H and O–H groups in total. The average Bonchev–Trinajstić information content (AvgIpc) is 2.35. The van der Waals surface area contributed by atoms with Crippen molar-refractivity contribution < 1.29 is 4.74 Å². The normalized spacial score (nSPS) is 11.6. The van der Waals surface area contributed by atoms with Crippen molar-refractivity contribution in [2.75, 3.05) is 13.2 Å². The summed E-state index contributed by atoms with van der Waals surface area (Å²) in [6.07, 6.45) is 1.70. The van der Waals surface area contributed by atoms with Crippen molar-refractivity contribution >= 4 is 11.6 Å². The van der Waals surface area contributed by atoms with E-state index in [-0.39, 0.29) is 0 Å². The molecular weight excluding hydrogens is 262 g/mol. The zero-order valence-electron chi connectivity index (χ0n) is 12.2. The van der Waals surface area contributed by atoms with Crippen LogP contribution in [0.15, 0.2) is 12.3 Å². The lowest BCUT2D eigenvalue weighted by Crippen LogP contribution is -2.39. The van der Waals surface area contributed by atoms with E-state index in [1.807, 2.05) is 0 Å². The minimum Gasteiger partial charge on any atom is -0.475 e. The van der Waals surface area contributed by atoms with Crippen molar-refractivity contribution in [1.29, 1.82) is 0 Å². The summed E-state index contributed by atoms with van der Waals surface area (Å²) in [5.74, 6) is 0.478. The van der Waals surface area contributed by atoms with Crippen molar-refractivity contribution in [3.8, 4) is 5.88 Å². The van der Waals surface area contributed by atoms with E-state index in [0.717, 1.165) is 12.1 Å². The van der Waals surface area contributed by atoms with E-state index in [0.29, 0.717) is 36.1 Å². The molecule has 0 aliphatic carbocycles. The van der Waals surface area contributed by atoms with Crippen LogP contribution in [0.5, 0.6) is 5.88 Å². The molecule has 1 heterocycles. The standard InChI is InChI=1S/C14H24ClN3O/c1-10(2)18(11(3)4)5-6-19-14-13(15)7-12(8-16)9-17-14/h7,9-11H,5-6,8,16H2,1-4H3. The first kappa shape index (κ1) is 16.2. The summed E-state index contributed by atoms with van der Waals surface area (Å²) in [5.41, 5.74) is 6.43. The molecular formula is C14H24ClN3O. The fourth-order valence-electron chi connectivity index (χ4n) is 2.04. The summed E-state index contributed by atoms with van der Waals surface area (Å²) < 4.78 is 5.64. The van der Waals surface area contributed by atoms with Gasteiger partial charge in [0.15, 0.2) is 0 Å². The highest BCUT2D eigenvalue weighted by molar-refractivity contribution is 6.31. The molecule has 0 atom stereocenters. The lowest BCUT2D eigenvalue weighted by atomic mass is 10.2. The molecule has 0 saturated heterocycles. The van der Waals surface area contributed by atoms with Gasteiger partial charge in [-0.05, 0) is 39.3 Å².